The zero-order valence-corrected chi connectivity index (χ0v) is 11.6. The molecule has 0 aromatic heterocycles. The van der Waals surface area contributed by atoms with E-state index in [0.717, 1.165) is 37.2 Å². The van der Waals surface area contributed by atoms with Crippen LogP contribution in [0.3, 0.4) is 0 Å². The van der Waals surface area contributed by atoms with Crippen molar-refractivity contribution in [3.63, 3.8) is 0 Å². The number of nitrogens with zero attached hydrogens (tertiary/aromatic N) is 1. The Kier molecular flexibility index (Phi) is 4.80. The minimum Gasteiger partial charge on any atom is -0.494 e. The summed E-state index contributed by atoms with van der Waals surface area (Å²) in [5, 5.41) is 0. The molecule has 0 aliphatic carbocycles. The zero-order chi connectivity index (χ0) is 13.7. The molecule has 0 N–H and O–H groups in total. The van der Waals surface area contributed by atoms with E-state index in [-0.39, 0.29) is 12.0 Å². The number of hydrogen-bond donors (Lipinski definition) is 0. The van der Waals surface area contributed by atoms with Gasteiger partial charge in [0.1, 0.15) is 11.8 Å². The Labute approximate surface area is 114 Å². The number of benzene rings is 1. The summed E-state index contributed by atoms with van der Waals surface area (Å²) in [5.74, 6) is 0.770. The summed E-state index contributed by atoms with van der Waals surface area (Å²) in [4.78, 5) is 13.9. The molecule has 0 bridgehead atoms. The van der Waals surface area contributed by atoms with Crippen LogP contribution in [0.4, 0.5) is 0 Å². The number of rotatable bonds is 5. The van der Waals surface area contributed by atoms with Gasteiger partial charge in [0.25, 0.3) is 0 Å². The van der Waals surface area contributed by atoms with Crippen molar-refractivity contribution in [3.8, 4) is 5.75 Å². The molecule has 19 heavy (non-hydrogen) atoms. The molecule has 1 saturated heterocycles. The average Bonchev–Trinajstić information content (AvgIpc) is 2.88. The summed E-state index contributed by atoms with van der Waals surface area (Å²) in [6, 6.07) is 7.89. The van der Waals surface area contributed by atoms with Crippen molar-refractivity contribution >= 4 is 5.97 Å². The predicted molar refractivity (Wildman–Crippen MR) is 73.1 cm³/mol. The van der Waals surface area contributed by atoms with Gasteiger partial charge in [-0.3, -0.25) is 9.69 Å². The summed E-state index contributed by atoms with van der Waals surface area (Å²) in [7, 11) is 1.45. The molecule has 4 heteroatoms. The summed E-state index contributed by atoms with van der Waals surface area (Å²) in [6.45, 7) is 4.29. The van der Waals surface area contributed by atoms with E-state index >= 15 is 0 Å². The molecule has 1 heterocycles. The lowest BCUT2D eigenvalue weighted by Gasteiger charge is -2.23. The van der Waals surface area contributed by atoms with E-state index in [0.29, 0.717) is 6.61 Å². The first-order chi connectivity index (χ1) is 9.26. The van der Waals surface area contributed by atoms with Gasteiger partial charge in [0.15, 0.2) is 0 Å². The largest absolute Gasteiger partial charge is 0.494 e. The molecule has 1 aromatic carbocycles. The van der Waals surface area contributed by atoms with E-state index in [9.17, 15) is 4.79 Å². The number of likely N-dealkylation sites (tertiary alicyclic amines) is 1. The van der Waals surface area contributed by atoms with Crippen LogP contribution in [0.1, 0.15) is 25.3 Å². The van der Waals surface area contributed by atoms with Gasteiger partial charge in [0, 0.05) is 12.1 Å². The maximum absolute atomic E-state index is 11.7. The van der Waals surface area contributed by atoms with Crippen molar-refractivity contribution in [1.29, 1.82) is 0 Å². The van der Waals surface area contributed by atoms with Gasteiger partial charge in [0.2, 0.25) is 0 Å². The Morgan fingerprint density at radius 1 is 1.42 bits per heavy atom. The molecule has 104 valence electrons. The first-order valence-corrected chi connectivity index (χ1v) is 6.78. The first-order valence-electron chi connectivity index (χ1n) is 6.78. The minimum atomic E-state index is -0.133. The second-order valence-corrected chi connectivity index (χ2v) is 4.69. The van der Waals surface area contributed by atoms with Crippen LogP contribution in [-0.2, 0) is 16.1 Å². The molecule has 1 aliphatic rings. The van der Waals surface area contributed by atoms with Crippen LogP contribution in [0, 0.1) is 0 Å². The molecule has 1 aliphatic heterocycles. The molecular weight excluding hydrogens is 242 g/mol. The van der Waals surface area contributed by atoms with Crippen LogP contribution < -0.4 is 4.74 Å². The molecular formula is C15H21NO3. The van der Waals surface area contributed by atoms with Gasteiger partial charge >= 0.3 is 5.97 Å². The van der Waals surface area contributed by atoms with Crippen LogP contribution in [-0.4, -0.2) is 37.2 Å². The van der Waals surface area contributed by atoms with Crippen LogP contribution in [0.15, 0.2) is 24.3 Å². The monoisotopic (exact) mass is 263 g/mol. The fraction of sp³-hybridized carbons (Fsp3) is 0.533. The van der Waals surface area contributed by atoms with Gasteiger partial charge in [-0.1, -0.05) is 18.2 Å². The smallest absolute Gasteiger partial charge is 0.323 e. The van der Waals surface area contributed by atoms with Gasteiger partial charge in [-0.05, 0) is 32.4 Å². The molecule has 1 unspecified atom stereocenters. The van der Waals surface area contributed by atoms with Gasteiger partial charge in [-0.2, -0.15) is 0 Å². The van der Waals surface area contributed by atoms with Gasteiger partial charge in [-0.25, -0.2) is 0 Å². The van der Waals surface area contributed by atoms with Crippen molar-refractivity contribution in [2.75, 3.05) is 20.3 Å². The highest BCUT2D eigenvalue weighted by molar-refractivity contribution is 5.76. The van der Waals surface area contributed by atoms with Crippen LogP contribution in [0.25, 0.3) is 0 Å². The maximum Gasteiger partial charge on any atom is 0.323 e. The second kappa shape index (κ2) is 6.57. The Morgan fingerprint density at radius 2 is 2.21 bits per heavy atom. The number of methoxy groups -OCH3 is 1. The van der Waals surface area contributed by atoms with Crippen molar-refractivity contribution in [3.05, 3.63) is 29.8 Å². The van der Waals surface area contributed by atoms with Gasteiger partial charge in [-0.15, -0.1) is 0 Å². The highest BCUT2D eigenvalue weighted by atomic mass is 16.5. The molecule has 1 aromatic rings. The summed E-state index contributed by atoms with van der Waals surface area (Å²) < 4.78 is 10.5. The summed E-state index contributed by atoms with van der Waals surface area (Å²) >= 11 is 0. The lowest BCUT2D eigenvalue weighted by molar-refractivity contribution is -0.146. The molecule has 0 spiro atoms. The molecule has 1 atom stereocenters. The van der Waals surface area contributed by atoms with Crippen molar-refractivity contribution in [2.45, 2.75) is 32.4 Å². The predicted octanol–water partition coefficient (Wildman–Crippen LogP) is 2.22. The average molecular weight is 263 g/mol. The van der Waals surface area contributed by atoms with E-state index in [4.69, 9.17) is 9.47 Å². The number of ether oxygens (including phenoxy) is 2. The normalized spacial score (nSPS) is 19.4. The van der Waals surface area contributed by atoms with E-state index in [2.05, 4.69) is 11.0 Å². The van der Waals surface area contributed by atoms with Crippen molar-refractivity contribution in [1.82, 2.24) is 4.90 Å². The number of carbonyl (C=O) groups excluding carboxylic acids is 1. The van der Waals surface area contributed by atoms with Crippen LogP contribution >= 0.6 is 0 Å². The number of carbonyl (C=O) groups is 1. The third-order valence-electron chi connectivity index (χ3n) is 3.48. The third-order valence-corrected chi connectivity index (χ3v) is 3.48. The number of para-hydroxylation sites is 1. The summed E-state index contributed by atoms with van der Waals surface area (Å²) in [6.07, 6.45) is 1.92. The van der Waals surface area contributed by atoms with Crippen LogP contribution in [0.5, 0.6) is 5.75 Å². The lowest BCUT2D eigenvalue weighted by Crippen LogP contribution is -2.36. The number of esters is 1. The summed E-state index contributed by atoms with van der Waals surface area (Å²) in [5.41, 5.74) is 1.13. The first kappa shape index (κ1) is 13.9. The van der Waals surface area contributed by atoms with Crippen LogP contribution in [0.2, 0.25) is 0 Å². The van der Waals surface area contributed by atoms with E-state index < -0.39 is 0 Å². The Hall–Kier alpha value is -1.55. The third kappa shape index (κ3) is 3.26. The SMILES string of the molecule is CCOc1ccccc1CN1CCCC1C(=O)OC. The van der Waals surface area contributed by atoms with Gasteiger partial charge in [0.05, 0.1) is 13.7 Å². The van der Waals surface area contributed by atoms with Gasteiger partial charge < -0.3 is 9.47 Å². The lowest BCUT2D eigenvalue weighted by atomic mass is 10.1. The van der Waals surface area contributed by atoms with E-state index in [1.165, 1.54) is 7.11 Å². The molecule has 0 radical (unpaired) electrons. The maximum atomic E-state index is 11.7. The topological polar surface area (TPSA) is 38.8 Å². The fourth-order valence-corrected chi connectivity index (χ4v) is 2.57. The standard InChI is InChI=1S/C15H21NO3/c1-3-19-14-9-5-4-7-12(14)11-16-10-6-8-13(16)15(17)18-2/h4-5,7,9,13H,3,6,8,10-11H2,1-2H3. The molecule has 0 saturated carbocycles. The van der Waals surface area contributed by atoms with Crippen molar-refractivity contribution < 1.29 is 14.3 Å². The molecule has 0 amide bonds. The number of hydrogen-bond acceptors (Lipinski definition) is 4. The minimum absolute atomic E-state index is 0.111. The van der Waals surface area contributed by atoms with E-state index in [1.807, 2.05) is 25.1 Å². The molecule has 2 rings (SSSR count). The Bertz CT molecular complexity index is 433. The Morgan fingerprint density at radius 3 is 2.95 bits per heavy atom. The Balaban J connectivity index is 2.10. The molecule has 1 fully saturated rings. The zero-order valence-electron chi connectivity index (χ0n) is 11.6. The quantitative estimate of drug-likeness (QED) is 0.764. The van der Waals surface area contributed by atoms with E-state index in [1.54, 1.807) is 0 Å². The highest BCUT2D eigenvalue weighted by Gasteiger charge is 2.31. The second-order valence-electron chi connectivity index (χ2n) is 4.69. The van der Waals surface area contributed by atoms with Crippen molar-refractivity contribution in [2.24, 2.45) is 0 Å². The fourth-order valence-electron chi connectivity index (χ4n) is 2.57. The molecule has 4 nitrogen and oxygen atoms in total. The highest BCUT2D eigenvalue weighted by Crippen LogP contribution is 2.25.